The topological polar surface area (TPSA) is 35.5 Å². The van der Waals surface area contributed by atoms with Gasteiger partial charge in [0.05, 0.1) is 19.1 Å². The Labute approximate surface area is 118 Å². The van der Waals surface area contributed by atoms with Crippen molar-refractivity contribution in [3.05, 3.63) is 53.6 Å². The molecule has 0 amide bonds. The third kappa shape index (κ3) is 2.29. The first kappa shape index (κ1) is 12.8. The highest BCUT2D eigenvalue weighted by molar-refractivity contribution is 6.32. The van der Waals surface area contributed by atoms with E-state index in [1.807, 2.05) is 50.3 Å². The van der Waals surface area contributed by atoms with Crippen molar-refractivity contribution in [1.82, 2.24) is 0 Å². The van der Waals surface area contributed by atoms with Gasteiger partial charge >= 0.3 is 0 Å². The molecule has 4 heteroatoms. The smallest absolute Gasteiger partial charge is 0.170 e. The molecule has 100 valence electrons. The van der Waals surface area contributed by atoms with E-state index in [-0.39, 0.29) is 11.9 Å². The van der Waals surface area contributed by atoms with Crippen LogP contribution in [-0.4, -0.2) is 20.7 Å². The number of carbonyl (C=O) groups is 1. The van der Waals surface area contributed by atoms with E-state index in [9.17, 15) is 4.79 Å². The lowest BCUT2D eigenvalue weighted by Crippen LogP contribution is -2.22. The summed E-state index contributed by atoms with van der Waals surface area (Å²) in [4.78, 5) is 12.3. The molecule has 0 aliphatic carbocycles. The Morgan fingerprint density at radius 1 is 1.25 bits per heavy atom. The minimum absolute atomic E-state index is 0.128. The van der Waals surface area contributed by atoms with Crippen molar-refractivity contribution in [3.8, 4) is 11.5 Å². The predicted molar refractivity (Wildman–Crippen MR) is 79.9 cm³/mol. The molecule has 3 rings (SSSR count). The Kier molecular flexibility index (Phi) is 3.22. The maximum absolute atomic E-state index is 12.3. The number of Topliss-reactive ketones (excluding diaryl/α,β-unsaturated/α-hetero) is 1. The second-order valence-corrected chi connectivity index (χ2v) is 5.01. The first-order valence-corrected chi connectivity index (χ1v) is 6.62. The molecule has 0 saturated heterocycles. The van der Waals surface area contributed by atoms with E-state index in [2.05, 4.69) is 0 Å². The van der Waals surface area contributed by atoms with Gasteiger partial charge in [0, 0.05) is 0 Å². The van der Waals surface area contributed by atoms with Gasteiger partial charge in [0.1, 0.15) is 25.4 Å². The van der Waals surface area contributed by atoms with Crippen LogP contribution >= 0.6 is 0 Å². The molecule has 2 aromatic carbocycles. The zero-order valence-electron chi connectivity index (χ0n) is 11.6. The zero-order valence-corrected chi connectivity index (χ0v) is 11.6. The number of fused-ring (bicyclic) bond motifs is 1. The zero-order chi connectivity index (χ0) is 14.1. The van der Waals surface area contributed by atoms with Crippen LogP contribution < -0.4 is 14.9 Å². The van der Waals surface area contributed by atoms with E-state index < -0.39 is 0 Å². The van der Waals surface area contributed by atoms with Crippen molar-refractivity contribution in [2.45, 2.75) is 12.5 Å². The van der Waals surface area contributed by atoms with Crippen LogP contribution in [-0.2, 0) is 0 Å². The van der Waals surface area contributed by atoms with Gasteiger partial charge in [-0.05, 0) is 23.8 Å². The fourth-order valence-electron chi connectivity index (χ4n) is 2.47. The van der Waals surface area contributed by atoms with Crippen LogP contribution in [0.25, 0.3) is 0 Å². The summed E-state index contributed by atoms with van der Waals surface area (Å²) < 4.78 is 11.2. The maximum Gasteiger partial charge on any atom is 0.170 e. The summed E-state index contributed by atoms with van der Waals surface area (Å²) in [5.41, 5.74) is 2.72. The fourth-order valence-corrected chi connectivity index (χ4v) is 2.47. The number of hydrogen-bond donors (Lipinski definition) is 0. The Hall–Kier alpha value is -2.23. The second-order valence-electron chi connectivity index (χ2n) is 5.01. The molecule has 1 aliphatic heterocycles. The predicted octanol–water partition coefficient (Wildman–Crippen LogP) is 1.66. The highest BCUT2D eigenvalue weighted by Gasteiger charge is 2.27. The minimum Gasteiger partial charge on any atom is -0.497 e. The molecule has 0 aromatic heterocycles. The second kappa shape index (κ2) is 5.04. The van der Waals surface area contributed by atoms with Gasteiger partial charge in [-0.3, -0.25) is 4.79 Å². The molecular weight excluding hydrogens is 251 g/mol. The number of carbonyl (C=O) groups excluding carboxylic acids is 1. The quantitative estimate of drug-likeness (QED) is 0.775. The van der Waals surface area contributed by atoms with Gasteiger partial charge in [-0.25, -0.2) is 0 Å². The molecule has 3 nitrogen and oxygen atoms in total. The number of rotatable bonds is 2. The van der Waals surface area contributed by atoms with Gasteiger partial charge in [-0.2, -0.15) is 0 Å². The van der Waals surface area contributed by atoms with Crippen molar-refractivity contribution < 1.29 is 14.3 Å². The molecule has 1 aliphatic rings. The monoisotopic (exact) mass is 266 g/mol. The molecule has 0 N–H and O–H groups in total. The van der Waals surface area contributed by atoms with Crippen LogP contribution in [0.5, 0.6) is 11.5 Å². The summed E-state index contributed by atoms with van der Waals surface area (Å²) >= 11 is 0. The van der Waals surface area contributed by atoms with Crippen LogP contribution in [0.2, 0.25) is 0 Å². The van der Waals surface area contributed by atoms with Gasteiger partial charge in [0.2, 0.25) is 0 Å². The van der Waals surface area contributed by atoms with Crippen LogP contribution in [0.4, 0.5) is 0 Å². The van der Waals surface area contributed by atoms with Gasteiger partial charge < -0.3 is 9.47 Å². The standard InChI is InChI=1S/C16H15BO3/c1-19-12-4-2-3-10(7-12)16-9-14(18)13-8-11(17)5-6-15(13)20-16/h2-8,16H,9,17H2,1H3. The lowest BCUT2D eigenvalue weighted by Gasteiger charge is -2.26. The first-order valence-electron chi connectivity index (χ1n) is 6.62. The Morgan fingerprint density at radius 3 is 2.90 bits per heavy atom. The van der Waals surface area contributed by atoms with Crippen molar-refractivity contribution in [3.63, 3.8) is 0 Å². The van der Waals surface area contributed by atoms with E-state index in [0.29, 0.717) is 17.7 Å². The molecule has 1 atom stereocenters. The third-order valence-electron chi connectivity index (χ3n) is 3.54. The summed E-state index contributed by atoms with van der Waals surface area (Å²) in [6.45, 7) is 0. The summed E-state index contributed by atoms with van der Waals surface area (Å²) in [5.74, 6) is 1.57. The summed E-state index contributed by atoms with van der Waals surface area (Å²) in [5, 5.41) is 0. The number of hydrogen-bond acceptors (Lipinski definition) is 3. The fraction of sp³-hybridized carbons (Fsp3) is 0.188. The molecule has 0 fully saturated rings. The minimum atomic E-state index is -0.243. The highest BCUT2D eigenvalue weighted by Crippen LogP contribution is 2.35. The summed E-state index contributed by atoms with van der Waals surface area (Å²) in [6.07, 6.45) is 0.122. The van der Waals surface area contributed by atoms with E-state index >= 15 is 0 Å². The first-order chi connectivity index (χ1) is 9.67. The van der Waals surface area contributed by atoms with Crippen molar-refractivity contribution in [2.24, 2.45) is 0 Å². The van der Waals surface area contributed by atoms with Crippen LogP contribution in [0.3, 0.4) is 0 Å². The van der Waals surface area contributed by atoms with E-state index in [1.54, 1.807) is 7.11 Å². The molecule has 20 heavy (non-hydrogen) atoms. The van der Waals surface area contributed by atoms with Gasteiger partial charge in [-0.1, -0.05) is 29.7 Å². The molecule has 1 unspecified atom stereocenters. The maximum atomic E-state index is 12.3. The molecule has 0 saturated carbocycles. The number of ether oxygens (including phenoxy) is 2. The largest absolute Gasteiger partial charge is 0.497 e. The lowest BCUT2D eigenvalue weighted by molar-refractivity contribution is 0.0850. The number of benzene rings is 2. The van der Waals surface area contributed by atoms with Crippen LogP contribution in [0.15, 0.2) is 42.5 Å². The summed E-state index contributed by atoms with van der Waals surface area (Å²) in [6, 6.07) is 13.4. The van der Waals surface area contributed by atoms with Crippen molar-refractivity contribution in [2.75, 3.05) is 7.11 Å². The van der Waals surface area contributed by atoms with Crippen molar-refractivity contribution >= 4 is 19.1 Å². The van der Waals surface area contributed by atoms with E-state index in [0.717, 1.165) is 16.8 Å². The number of ketones is 1. The van der Waals surface area contributed by atoms with Gasteiger partial charge in [0.15, 0.2) is 5.78 Å². The highest BCUT2D eigenvalue weighted by atomic mass is 16.5. The van der Waals surface area contributed by atoms with E-state index in [4.69, 9.17) is 9.47 Å². The normalized spacial score (nSPS) is 17.2. The van der Waals surface area contributed by atoms with Gasteiger partial charge in [0.25, 0.3) is 0 Å². The summed E-state index contributed by atoms with van der Waals surface area (Å²) in [7, 11) is 3.60. The molecule has 2 aromatic rings. The Balaban J connectivity index is 1.94. The molecular formula is C16H15BO3. The molecule has 0 radical (unpaired) electrons. The molecule has 0 spiro atoms. The Morgan fingerprint density at radius 2 is 2.10 bits per heavy atom. The number of methoxy groups -OCH3 is 1. The average Bonchev–Trinajstić information content (AvgIpc) is 2.48. The molecule has 1 heterocycles. The SMILES string of the molecule is Bc1ccc2c(c1)C(=O)CC(c1cccc(OC)c1)O2. The van der Waals surface area contributed by atoms with Gasteiger partial charge in [-0.15, -0.1) is 0 Å². The lowest BCUT2D eigenvalue weighted by atomic mass is 9.89. The van der Waals surface area contributed by atoms with Crippen LogP contribution in [0, 0.1) is 0 Å². The van der Waals surface area contributed by atoms with E-state index in [1.165, 1.54) is 0 Å². The third-order valence-corrected chi connectivity index (χ3v) is 3.54. The molecule has 0 bridgehead atoms. The van der Waals surface area contributed by atoms with Crippen molar-refractivity contribution in [1.29, 1.82) is 0 Å². The van der Waals surface area contributed by atoms with Crippen LogP contribution in [0.1, 0.15) is 28.4 Å². The average molecular weight is 266 g/mol. The Bertz CT molecular complexity index is 667.